The number of rotatable bonds is 3. The van der Waals surface area contributed by atoms with Crippen LogP contribution in [0.5, 0.6) is 0 Å². The summed E-state index contributed by atoms with van der Waals surface area (Å²) in [5.41, 5.74) is 7.91. The van der Waals surface area contributed by atoms with E-state index in [4.69, 9.17) is 5.73 Å². The van der Waals surface area contributed by atoms with Crippen LogP contribution in [0.1, 0.15) is 44.4 Å². The number of nitrogens with zero attached hydrogens (tertiary/aromatic N) is 2. The molecule has 19 heavy (non-hydrogen) atoms. The maximum Gasteiger partial charge on any atom is 0.222 e. The Morgan fingerprint density at radius 1 is 1.42 bits per heavy atom. The second-order valence-electron chi connectivity index (χ2n) is 6.04. The highest BCUT2D eigenvalue weighted by Crippen LogP contribution is 2.30. The minimum Gasteiger partial charge on any atom is -0.338 e. The molecule has 4 nitrogen and oxygen atoms in total. The maximum atomic E-state index is 12.2. The highest BCUT2D eigenvalue weighted by atomic mass is 16.2. The zero-order chi connectivity index (χ0) is 13.9. The quantitative estimate of drug-likeness (QED) is 0.906. The van der Waals surface area contributed by atoms with Crippen molar-refractivity contribution in [3.8, 4) is 0 Å². The predicted octanol–water partition coefficient (Wildman–Crippen LogP) is 2.08. The lowest BCUT2D eigenvalue weighted by Crippen LogP contribution is -2.30. The van der Waals surface area contributed by atoms with Crippen LogP contribution in [0.25, 0.3) is 0 Å². The first-order chi connectivity index (χ1) is 9.02. The van der Waals surface area contributed by atoms with Gasteiger partial charge in [-0.2, -0.15) is 0 Å². The van der Waals surface area contributed by atoms with Gasteiger partial charge in [-0.1, -0.05) is 19.9 Å². The summed E-state index contributed by atoms with van der Waals surface area (Å²) in [5.74, 6) is 0.248. The van der Waals surface area contributed by atoms with Gasteiger partial charge in [-0.3, -0.25) is 9.78 Å². The van der Waals surface area contributed by atoms with Gasteiger partial charge in [0, 0.05) is 32.3 Å². The van der Waals surface area contributed by atoms with Gasteiger partial charge in [-0.15, -0.1) is 0 Å². The van der Waals surface area contributed by atoms with Crippen molar-refractivity contribution in [3.63, 3.8) is 0 Å². The molecule has 0 saturated carbocycles. The topological polar surface area (TPSA) is 59.2 Å². The van der Waals surface area contributed by atoms with Crippen molar-refractivity contribution in [1.29, 1.82) is 0 Å². The molecule has 2 heterocycles. The maximum absolute atomic E-state index is 12.2. The highest BCUT2D eigenvalue weighted by Gasteiger charge is 2.27. The number of carbonyl (C=O) groups excluding carboxylic acids is 1. The minimum atomic E-state index is 0.248. The molecule has 1 aliphatic rings. The highest BCUT2D eigenvalue weighted by molar-refractivity contribution is 5.76. The first-order valence-corrected chi connectivity index (χ1v) is 6.92. The normalized spacial score (nSPS) is 19.3. The van der Waals surface area contributed by atoms with Crippen LogP contribution in [0.15, 0.2) is 18.3 Å². The Kier molecular flexibility index (Phi) is 4.20. The van der Waals surface area contributed by atoms with Crippen LogP contribution in [0.3, 0.4) is 0 Å². The van der Waals surface area contributed by atoms with E-state index >= 15 is 0 Å². The van der Waals surface area contributed by atoms with Crippen molar-refractivity contribution in [1.82, 2.24) is 9.88 Å². The lowest BCUT2D eigenvalue weighted by atomic mass is 9.85. The van der Waals surface area contributed by atoms with E-state index in [0.717, 1.165) is 30.6 Å². The molecule has 0 spiro atoms. The lowest BCUT2D eigenvalue weighted by Gasteiger charge is -2.24. The van der Waals surface area contributed by atoms with E-state index < -0.39 is 0 Å². The third-order valence-electron chi connectivity index (χ3n) is 3.97. The van der Waals surface area contributed by atoms with Crippen LogP contribution in [0.4, 0.5) is 0 Å². The van der Waals surface area contributed by atoms with Crippen molar-refractivity contribution < 1.29 is 4.79 Å². The average Bonchev–Trinajstić information content (AvgIpc) is 2.52. The first-order valence-electron chi connectivity index (χ1n) is 6.92. The minimum absolute atomic E-state index is 0.248. The molecule has 1 fully saturated rings. The van der Waals surface area contributed by atoms with Crippen LogP contribution in [-0.4, -0.2) is 22.3 Å². The van der Waals surface area contributed by atoms with Gasteiger partial charge in [-0.05, 0) is 29.9 Å². The number of carbonyl (C=O) groups is 1. The Bertz CT molecular complexity index is 456. The van der Waals surface area contributed by atoms with Crippen LogP contribution < -0.4 is 5.73 Å². The Labute approximate surface area is 115 Å². The molecule has 1 amide bonds. The van der Waals surface area contributed by atoms with Gasteiger partial charge in [-0.25, -0.2) is 0 Å². The second kappa shape index (κ2) is 5.70. The molecule has 1 aliphatic heterocycles. The molecule has 0 bridgehead atoms. The number of nitrogens with two attached hydrogens (primary N) is 1. The number of aromatic nitrogens is 1. The SMILES string of the molecule is CC1(C)CCC(=O)N(Cc2cccnc2CN)CC1. The lowest BCUT2D eigenvalue weighted by molar-refractivity contribution is -0.131. The largest absolute Gasteiger partial charge is 0.338 e. The second-order valence-corrected chi connectivity index (χ2v) is 6.04. The Morgan fingerprint density at radius 2 is 2.21 bits per heavy atom. The fourth-order valence-electron chi connectivity index (χ4n) is 2.46. The first kappa shape index (κ1) is 14.0. The number of hydrogen-bond donors (Lipinski definition) is 1. The molecule has 0 atom stereocenters. The molecule has 2 N–H and O–H groups in total. The molecule has 4 heteroatoms. The molecule has 0 aliphatic carbocycles. The van der Waals surface area contributed by atoms with Gasteiger partial charge >= 0.3 is 0 Å². The van der Waals surface area contributed by atoms with Crippen LogP contribution >= 0.6 is 0 Å². The van der Waals surface area contributed by atoms with E-state index in [2.05, 4.69) is 18.8 Å². The van der Waals surface area contributed by atoms with Gasteiger partial charge in [0.15, 0.2) is 0 Å². The van der Waals surface area contributed by atoms with Crippen LogP contribution in [0, 0.1) is 5.41 Å². The van der Waals surface area contributed by atoms with Crippen molar-refractivity contribution in [3.05, 3.63) is 29.6 Å². The fourth-order valence-corrected chi connectivity index (χ4v) is 2.46. The van der Waals surface area contributed by atoms with Crippen molar-refractivity contribution in [2.24, 2.45) is 11.1 Å². The molecule has 1 aromatic rings. The third kappa shape index (κ3) is 3.53. The molecular formula is C15H23N3O. The summed E-state index contributed by atoms with van der Waals surface area (Å²) >= 11 is 0. The zero-order valence-corrected chi connectivity index (χ0v) is 11.9. The monoisotopic (exact) mass is 261 g/mol. The summed E-state index contributed by atoms with van der Waals surface area (Å²) in [7, 11) is 0. The average molecular weight is 261 g/mol. The van der Waals surface area contributed by atoms with Crippen molar-refractivity contribution in [2.75, 3.05) is 6.54 Å². The zero-order valence-electron chi connectivity index (χ0n) is 11.9. The molecule has 2 rings (SSSR count). The smallest absolute Gasteiger partial charge is 0.222 e. The number of likely N-dealkylation sites (tertiary alicyclic amines) is 1. The van der Waals surface area contributed by atoms with Crippen LogP contribution in [0.2, 0.25) is 0 Å². The Morgan fingerprint density at radius 3 is 2.95 bits per heavy atom. The number of pyridine rings is 1. The summed E-state index contributed by atoms with van der Waals surface area (Å²) in [6.07, 6.45) is 4.42. The Balaban J connectivity index is 2.11. The van der Waals surface area contributed by atoms with Crippen molar-refractivity contribution >= 4 is 5.91 Å². The summed E-state index contributed by atoms with van der Waals surface area (Å²) in [6, 6.07) is 3.92. The summed E-state index contributed by atoms with van der Waals surface area (Å²) < 4.78 is 0. The Hall–Kier alpha value is -1.42. The summed E-state index contributed by atoms with van der Waals surface area (Å²) in [5, 5.41) is 0. The molecule has 0 radical (unpaired) electrons. The summed E-state index contributed by atoms with van der Waals surface area (Å²) in [6.45, 7) is 6.35. The van der Waals surface area contributed by atoms with E-state index in [0.29, 0.717) is 19.5 Å². The molecule has 0 aromatic carbocycles. The third-order valence-corrected chi connectivity index (χ3v) is 3.97. The van der Waals surface area contributed by atoms with Gasteiger partial charge < -0.3 is 10.6 Å². The van der Waals surface area contributed by atoms with E-state index in [1.165, 1.54) is 0 Å². The number of hydrogen-bond acceptors (Lipinski definition) is 3. The molecule has 0 unspecified atom stereocenters. The van der Waals surface area contributed by atoms with Gasteiger partial charge in [0.2, 0.25) is 5.91 Å². The molecule has 1 aromatic heterocycles. The van der Waals surface area contributed by atoms with Crippen LogP contribution in [-0.2, 0) is 17.9 Å². The standard InChI is InChI=1S/C15H23N3O/c1-15(2)6-5-14(19)18(9-7-15)11-12-4-3-8-17-13(12)10-16/h3-4,8H,5-7,9-11,16H2,1-2H3. The van der Waals surface area contributed by atoms with Gasteiger partial charge in [0.25, 0.3) is 0 Å². The molecule has 104 valence electrons. The van der Waals surface area contributed by atoms with Gasteiger partial charge in [0.1, 0.15) is 0 Å². The number of amides is 1. The molecule has 1 saturated heterocycles. The molecular weight excluding hydrogens is 238 g/mol. The predicted molar refractivity (Wildman–Crippen MR) is 75.2 cm³/mol. The fraction of sp³-hybridized carbons (Fsp3) is 0.600. The van der Waals surface area contributed by atoms with E-state index in [1.807, 2.05) is 17.0 Å². The van der Waals surface area contributed by atoms with Gasteiger partial charge in [0.05, 0.1) is 5.69 Å². The van der Waals surface area contributed by atoms with E-state index in [9.17, 15) is 4.79 Å². The summed E-state index contributed by atoms with van der Waals surface area (Å²) in [4.78, 5) is 18.4. The van der Waals surface area contributed by atoms with Crippen molar-refractivity contribution in [2.45, 2.75) is 46.2 Å². The van der Waals surface area contributed by atoms with E-state index in [1.54, 1.807) is 6.20 Å². The van der Waals surface area contributed by atoms with E-state index in [-0.39, 0.29) is 11.3 Å².